The van der Waals surface area contributed by atoms with Crippen LogP contribution in [0.2, 0.25) is 0 Å². The zero-order valence-electron chi connectivity index (χ0n) is 14.5. The Kier molecular flexibility index (Phi) is 5.65. The van der Waals surface area contributed by atoms with E-state index in [-0.39, 0.29) is 17.9 Å². The van der Waals surface area contributed by atoms with E-state index in [1.165, 1.54) is 4.90 Å². The van der Waals surface area contributed by atoms with E-state index >= 15 is 0 Å². The Morgan fingerprint density at radius 1 is 1.24 bits per heavy atom. The third-order valence-electron chi connectivity index (χ3n) is 4.33. The highest BCUT2D eigenvalue weighted by molar-refractivity contribution is 6.21. The van der Waals surface area contributed by atoms with Gasteiger partial charge in [0.15, 0.2) is 5.96 Å². The van der Waals surface area contributed by atoms with Gasteiger partial charge in [-0.1, -0.05) is 12.1 Å². The van der Waals surface area contributed by atoms with Crippen molar-refractivity contribution in [3.8, 4) is 0 Å². The van der Waals surface area contributed by atoms with Crippen LogP contribution in [0, 0.1) is 0 Å². The number of ether oxygens (including phenoxy) is 1. The minimum atomic E-state index is -0.233. The van der Waals surface area contributed by atoms with E-state index < -0.39 is 0 Å². The smallest absolute Gasteiger partial charge is 0.261 e. The lowest BCUT2D eigenvalue weighted by Crippen LogP contribution is -2.43. The van der Waals surface area contributed by atoms with Crippen LogP contribution in [0.25, 0.3) is 0 Å². The molecule has 2 aliphatic rings. The van der Waals surface area contributed by atoms with Crippen molar-refractivity contribution in [2.24, 2.45) is 4.99 Å². The number of fused-ring (bicyclic) bond motifs is 1. The van der Waals surface area contributed by atoms with Crippen LogP contribution < -0.4 is 10.6 Å². The van der Waals surface area contributed by atoms with Gasteiger partial charge in [0.05, 0.1) is 23.8 Å². The molecule has 25 heavy (non-hydrogen) atoms. The second-order valence-corrected chi connectivity index (χ2v) is 6.09. The van der Waals surface area contributed by atoms with Gasteiger partial charge >= 0.3 is 0 Å². The Hall–Kier alpha value is -2.41. The summed E-state index contributed by atoms with van der Waals surface area (Å²) in [6, 6.07) is 6.92. The minimum absolute atomic E-state index is 0.187. The van der Waals surface area contributed by atoms with E-state index in [9.17, 15) is 9.59 Å². The van der Waals surface area contributed by atoms with Gasteiger partial charge in [-0.25, -0.2) is 0 Å². The number of carbonyl (C=O) groups is 2. The first kappa shape index (κ1) is 17.4. The number of amides is 2. The molecule has 2 aliphatic heterocycles. The van der Waals surface area contributed by atoms with Crippen LogP contribution in [0.4, 0.5) is 0 Å². The molecule has 1 aromatic carbocycles. The number of aliphatic imine (C=N–C) groups is 1. The van der Waals surface area contributed by atoms with E-state index in [4.69, 9.17) is 4.74 Å². The average molecular weight is 344 g/mol. The highest BCUT2D eigenvalue weighted by Crippen LogP contribution is 2.21. The molecule has 1 aromatic rings. The molecule has 134 valence electrons. The van der Waals surface area contributed by atoms with E-state index in [0.717, 1.165) is 26.0 Å². The van der Waals surface area contributed by atoms with Crippen LogP contribution in [-0.4, -0.2) is 61.6 Å². The number of nitrogens with zero attached hydrogens (tertiary/aromatic N) is 2. The molecule has 2 heterocycles. The third-order valence-corrected chi connectivity index (χ3v) is 4.33. The molecule has 0 aromatic heterocycles. The maximum Gasteiger partial charge on any atom is 0.261 e. The molecule has 1 saturated heterocycles. The first-order valence-electron chi connectivity index (χ1n) is 8.79. The predicted octanol–water partition coefficient (Wildman–Crippen LogP) is 1.02. The topological polar surface area (TPSA) is 83.0 Å². The highest BCUT2D eigenvalue weighted by Gasteiger charge is 2.34. The summed E-state index contributed by atoms with van der Waals surface area (Å²) in [7, 11) is 0. The summed E-state index contributed by atoms with van der Waals surface area (Å²) < 4.78 is 5.57. The summed E-state index contributed by atoms with van der Waals surface area (Å²) >= 11 is 0. The maximum absolute atomic E-state index is 12.3. The summed E-state index contributed by atoms with van der Waals surface area (Å²) in [5, 5.41) is 6.34. The van der Waals surface area contributed by atoms with Gasteiger partial charge in [0.25, 0.3) is 11.8 Å². The standard InChI is InChI=1S/C18H24N4O3/c1-2-19-18(21-12-13-6-5-11-25-13)20-9-10-22-16(23)14-7-3-4-8-15(14)17(22)24/h3-4,7-8,13H,2,5-6,9-12H2,1H3,(H2,19,20,21). The predicted molar refractivity (Wildman–Crippen MR) is 94.8 cm³/mol. The number of hydrogen-bond donors (Lipinski definition) is 2. The molecule has 2 amide bonds. The van der Waals surface area contributed by atoms with Crippen molar-refractivity contribution in [3.05, 3.63) is 35.4 Å². The normalized spacial score (nSPS) is 20.1. The molecule has 1 unspecified atom stereocenters. The fourth-order valence-electron chi connectivity index (χ4n) is 3.05. The summed E-state index contributed by atoms with van der Waals surface area (Å²) in [6.07, 6.45) is 2.31. The van der Waals surface area contributed by atoms with Gasteiger partial charge in [-0.15, -0.1) is 0 Å². The van der Waals surface area contributed by atoms with Gasteiger partial charge in [0.1, 0.15) is 0 Å². The number of carbonyl (C=O) groups excluding carboxylic acids is 2. The minimum Gasteiger partial charge on any atom is -0.376 e. The van der Waals surface area contributed by atoms with E-state index in [0.29, 0.717) is 36.7 Å². The van der Waals surface area contributed by atoms with Crippen molar-refractivity contribution in [1.29, 1.82) is 0 Å². The van der Waals surface area contributed by atoms with Gasteiger partial charge in [-0.3, -0.25) is 19.5 Å². The lowest BCUT2D eigenvalue weighted by atomic mass is 10.1. The molecule has 7 heteroatoms. The quantitative estimate of drug-likeness (QED) is 0.457. The van der Waals surface area contributed by atoms with Crippen molar-refractivity contribution in [3.63, 3.8) is 0 Å². The molecule has 0 saturated carbocycles. The third kappa shape index (κ3) is 3.99. The SMILES string of the molecule is CCNC(=NCC1CCCO1)NCCN1C(=O)c2ccccc2C1=O. The van der Waals surface area contributed by atoms with Crippen molar-refractivity contribution in [2.45, 2.75) is 25.9 Å². The Bertz CT molecular complexity index is 633. The van der Waals surface area contributed by atoms with Gasteiger partial charge in [-0.05, 0) is 31.9 Å². The molecule has 1 fully saturated rings. The summed E-state index contributed by atoms with van der Waals surface area (Å²) in [4.78, 5) is 30.4. The largest absolute Gasteiger partial charge is 0.376 e. The van der Waals surface area contributed by atoms with Crippen LogP contribution in [0.15, 0.2) is 29.3 Å². The monoisotopic (exact) mass is 344 g/mol. The van der Waals surface area contributed by atoms with Crippen molar-refractivity contribution < 1.29 is 14.3 Å². The Balaban J connectivity index is 1.53. The molecule has 1 atom stereocenters. The van der Waals surface area contributed by atoms with Crippen molar-refractivity contribution in [1.82, 2.24) is 15.5 Å². The van der Waals surface area contributed by atoms with Crippen molar-refractivity contribution in [2.75, 3.05) is 32.8 Å². The van der Waals surface area contributed by atoms with E-state index in [1.807, 2.05) is 6.92 Å². The van der Waals surface area contributed by atoms with Gasteiger partial charge in [-0.2, -0.15) is 0 Å². The number of rotatable bonds is 6. The Labute approximate surface area is 147 Å². The number of imide groups is 1. The van der Waals surface area contributed by atoms with Gasteiger partial charge in [0, 0.05) is 26.2 Å². The molecule has 0 spiro atoms. The second-order valence-electron chi connectivity index (χ2n) is 6.09. The number of guanidine groups is 1. The molecular weight excluding hydrogens is 320 g/mol. The molecule has 0 radical (unpaired) electrons. The molecule has 7 nitrogen and oxygen atoms in total. The molecule has 0 bridgehead atoms. The van der Waals surface area contributed by atoms with Gasteiger partial charge in [0.2, 0.25) is 0 Å². The van der Waals surface area contributed by atoms with Crippen LogP contribution in [0.1, 0.15) is 40.5 Å². The molecule has 3 rings (SSSR count). The number of hydrogen-bond acceptors (Lipinski definition) is 4. The van der Waals surface area contributed by atoms with E-state index in [1.54, 1.807) is 24.3 Å². The first-order valence-corrected chi connectivity index (χ1v) is 8.79. The zero-order chi connectivity index (χ0) is 17.6. The van der Waals surface area contributed by atoms with Crippen LogP contribution in [0.3, 0.4) is 0 Å². The van der Waals surface area contributed by atoms with Crippen molar-refractivity contribution >= 4 is 17.8 Å². The van der Waals surface area contributed by atoms with E-state index in [2.05, 4.69) is 15.6 Å². The number of benzene rings is 1. The number of nitrogens with one attached hydrogen (secondary N) is 2. The maximum atomic E-state index is 12.3. The van der Waals surface area contributed by atoms with Crippen LogP contribution in [-0.2, 0) is 4.74 Å². The van der Waals surface area contributed by atoms with Crippen LogP contribution in [0.5, 0.6) is 0 Å². The Morgan fingerprint density at radius 3 is 2.56 bits per heavy atom. The molecule has 2 N–H and O–H groups in total. The zero-order valence-corrected chi connectivity index (χ0v) is 14.5. The fourth-order valence-corrected chi connectivity index (χ4v) is 3.05. The van der Waals surface area contributed by atoms with Crippen LogP contribution >= 0.6 is 0 Å². The highest BCUT2D eigenvalue weighted by atomic mass is 16.5. The lowest BCUT2D eigenvalue weighted by Gasteiger charge is -2.16. The lowest BCUT2D eigenvalue weighted by molar-refractivity contribution is 0.0657. The van der Waals surface area contributed by atoms with Gasteiger partial charge < -0.3 is 15.4 Å². The summed E-state index contributed by atoms with van der Waals surface area (Å²) in [6.45, 7) is 4.91. The Morgan fingerprint density at radius 2 is 1.96 bits per heavy atom. The summed E-state index contributed by atoms with van der Waals surface area (Å²) in [5.74, 6) is 0.210. The summed E-state index contributed by atoms with van der Waals surface area (Å²) in [5.41, 5.74) is 0.956. The first-order chi connectivity index (χ1) is 12.2. The fraction of sp³-hybridized carbons (Fsp3) is 0.500. The second kappa shape index (κ2) is 8.11. The molecular formula is C18H24N4O3. The average Bonchev–Trinajstić information content (AvgIpc) is 3.23. The molecule has 0 aliphatic carbocycles.